The van der Waals surface area contributed by atoms with Gasteiger partial charge >= 0.3 is 6.09 Å². The zero-order chi connectivity index (χ0) is 26.1. The van der Waals surface area contributed by atoms with Crippen molar-refractivity contribution in [3.63, 3.8) is 0 Å². The van der Waals surface area contributed by atoms with Crippen LogP contribution in [0.5, 0.6) is 5.75 Å². The number of alkyl carbamates (subject to hydrolysis) is 1. The summed E-state index contributed by atoms with van der Waals surface area (Å²) < 4.78 is 5.24. The summed E-state index contributed by atoms with van der Waals surface area (Å²) in [7, 11) is 1.43. The quantitative estimate of drug-likeness (QED) is 0.383. The number of phenols is 1. The second kappa shape index (κ2) is 12.8. The number of hydrogen-bond donors (Lipinski definition) is 4. The lowest BCUT2D eigenvalue weighted by molar-refractivity contribution is -0.141. The highest BCUT2D eigenvalue weighted by atomic mass is 16.6. The number of rotatable bonds is 11. The van der Waals surface area contributed by atoms with Crippen LogP contribution >= 0.6 is 0 Å². The SMILES string of the molecule is CCCC(C)NC(=O)C(c1cccc(O)c1)N(C)C(=O)C(CCC(N)=O)NC(=O)OC(C)(C)C. The molecule has 0 bridgehead atoms. The maximum atomic E-state index is 13.4. The molecule has 3 unspecified atom stereocenters. The Labute approximate surface area is 201 Å². The fourth-order valence-electron chi connectivity index (χ4n) is 3.44. The number of primary amides is 1. The summed E-state index contributed by atoms with van der Waals surface area (Å²) in [5, 5.41) is 15.3. The monoisotopic (exact) mass is 478 g/mol. The molecule has 0 saturated carbocycles. The first-order chi connectivity index (χ1) is 15.7. The molecule has 0 aromatic heterocycles. The average molecular weight is 479 g/mol. The standard InChI is InChI=1S/C24H38N4O6/c1-7-9-15(2)26-21(31)20(16-10-8-11-17(29)14-16)28(6)22(32)18(12-13-19(25)30)27-23(33)34-24(3,4)5/h8,10-11,14-15,18,20,29H,7,9,12-13H2,1-6H3,(H2,25,30)(H,26,31)(H,27,33). The smallest absolute Gasteiger partial charge is 0.408 e. The van der Waals surface area contributed by atoms with Gasteiger partial charge in [0.25, 0.3) is 0 Å². The number of ether oxygens (including phenoxy) is 1. The third kappa shape index (κ3) is 9.68. The molecule has 0 spiro atoms. The molecule has 5 N–H and O–H groups in total. The van der Waals surface area contributed by atoms with Crippen molar-refractivity contribution < 1.29 is 29.0 Å². The van der Waals surface area contributed by atoms with Gasteiger partial charge in [-0.05, 0) is 58.2 Å². The van der Waals surface area contributed by atoms with Crippen molar-refractivity contribution in [2.75, 3.05) is 7.05 Å². The van der Waals surface area contributed by atoms with Crippen molar-refractivity contribution in [2.24, 2.45) is 5.73 Å². The number of amides is 4. The first kappa shape index (κ1) is 28.7. The molecule has 0 radical (unpaired) electrons. The van der Waals surface area contributed by atoms with Gasteiger partial charge in [-0.3, -0.25) is 14.4 Å². The molecule has 3 atom stereocenters. The minimum atomic E-state index is -1.16. The fourth-order valence-corrected chi connectivity index (χ4v) is 3.44. The maximum Gasteiger partial charge on any atom is 0.408 e. The van der Waals surface area contributed by atoms with E-state index in [-0.39, 0.29) is 24.6 Å². The van der Waals surface area contributed by atoms with Crippen molar-refractivity contribution in [3.8, 4) is 5.75 Å². The maximum absolute atomic E-state index is 13.4. The van der Waals surface area contributed by atoms with Gasteiger partial charge in [0.15, 0.2) is 0 Å². The van der Waals surface area contributed by atoms with E-state index >= 15 is 0 Å². The van der Waals surface area contributed by atoms with Crippen LogP contribution in [0.15, 0.2) is 24.3 Å². The number of benzene rings is 1. The highest BCUT2D eigenvalue weighted by molar-refractivity contribution is 5.92. The van der Waals surface area contributed by atoms with Crippen LogP contribution in [0.1, 0.15) is 71.9 Å². The predicted octanol–water partition coefficient (Wildman–Crippen LogP) is 2.36. The summed E-state index contributed by atoms with van der Waals surface area (Å²) in [4.78, 5) is 51.5. The van der Waals surface area contributed by atoms with Crippen molar-refractivity contribution in [3.05, 3.63) is 29.8 Å². The Hall–Kier alpha value is -3.30. The molecule has 1 aromatic carbocycles. The topological polar surface area (TPSA) is 151 Å². The number of aromatic hydroxyl groups is 1. The van der Waals surface area contributed by atoms with Gasteiger partial charge < -0.3 is 31.1 Å². The molecule has 4 amide bonds. The molecule has 0 aliphatic heterocycles. The van der Waals surface area contributed by atoms with Crippen LogP contribution < -0.4 is 16.4 Å². The van der Waals surface area contributed by atoms with Gasteiger partial charge in [0.2, 0.25) is 17.7 Å². The van der Waals surface area contributed by atoms with Crippen LogP contribution in [-0.4, -0.2) is 58.6 Å². The van der Waals surface area contributed by atoms with Crippen LogP contribution in [0.25, 0.3) is 0 Å². The third-order valence-electron chi connectivity index (χ3n) is 4.95. The Morgan fingerprint density at radius 1 is 1.15 bits per heavy atom. The summed E-state index contributed by atoms with van der Waals surface area (Å²) in [6.07, 6.45) is 0.549. The lowest BCUT2D eigenvalue weighted by Crippen LogP contribution is -2.52. The second-order valence-electron chi connectivity index (χ2n) is 9.35. The van der Waals surface area contributed by atoms with Crippen LogP contribution in [0, 0.1) is 0 Å². The lowest BCUT2D eigenvalue weighted by atomic mass is 10.0. The number of nitrogens with two attached hydrogens (primary N) is 1. The van der Waals surface area contributed by atoms with E-state index in [1.807, 2.05) is 13.8 Å². The van der Waals surface area contributed by atoms with E-state index in [1.54, 1.807) is 32.9 Å². The highest BCUT2D eigenvalue weighted by Crippen LogP contribution is 2.25. The second-order valence-corrected chi connectivity index (χ2v) is 9.35. The molecule has 0 aliphatic carbocycles. The van der Waals surface area contributed by atoms with Gasteiger partial charge in [0.1, 0.15) is 23.4 Å². The van der Waals surface area contributed by atoms with E-state index in [1.165, 1.54) is 24.1 Å². The minimum Gasteiger partial charge on any atom is -0.508 e. The number of nitrogens with one attached hydrogen (secondary N) is 2. The van der Waals surface area contributed by atoms with Gasteiger partial charge in [-0.25, -0.2) is 4.79 Å². The Balaban J connectivity index is 3.26. The van der Waals surface area contributed by atoms with Crippen LogP contribution in [0.3, 0.4) is 0 Å². The third-order valence-corrected chi connectivity index (χ3v) is 4.95. The summed E-state index contributed by atoms with van der Waals surface area (Å²) in [6.45, 7) is 8.90. The zero-order valence-electron chi connectivity index (χ0n) is 20.9. The summed E-state index contributed by atoms with van der Waals surface area (Å²) in [5.41, 5.74) is 4.84. The van der Waals surface area contributed by atoms with E-state index in [9.17, 15) is 24.3 Å². The van der Waals surface area contributed by atoms with Gasteiger partial charge in [-0.1, -0.05) is 25.5 Å². The zero-order valence-corrected chi connectivity index (χ0v) is 20.9. The largest absolute Gasteiger partial charge is 0.508 e. The number of phenolic OH excluding ortho intramolecular Hbond substituents is 1. The van der Waals surface area contributed by atoms with Crippen molar-refractivity contribution in [1.29, 1.82) is 0 Å². The molecule has 0 heterocycles. The Bertz CT molecular complexity index is 867. The summed E-state index contributed by atoms with van der Waals surface area (Å²) in [6, 6.07) is 3.67. The van der Waals surface area contributed by atoms with E-state index in [0.29, 0.717) is 5.56 Å². The predicted molar refractivity (Wildman–Crippen MR) is 128 cm³/mol. The van der Waals surface area contributed by atoms with Crippen molar-refractivity contribution >= 4 is 23.8 Å². The fraction of sp³-hybridized carbons (Fsp3) is 0.583. The molecule has 1 rings (SSSR count). The lowest BCUT2D eigenvalue weighted by Gasteiger charge is -2.32. The number of likely N-dealkylation sites (N-methyl/N-ethyl adjacent to an activating group) is 1. The Morgan fingerprint density at radius 2 is 1.79 bits per heavy atom. The van der Waals surface area contributed by atoms with Crippen LogP contribution in [0.4, 0.5) is 4.79 Å². The van der Waals surface area contributed by atoms with E-state index in [4.69, 9.17) is 10.5 Å². The van der Waals surface area contributed by atoms with E-state index in [0.717, 1.165) is 12.8 Å². The van der Waals surface area contributed by atoms with Crippen LogP contribution in [0.2, 0.25) is 0 Å². The number of carbonyl (C=O) groups excluding carboxylic acids is 4. The van der Waals surface area contributed by atoms with Gasteiger partial charge in [0, 0.05) is 19.5 Å². The molecule has 1 aromatic rings. The molecule has 0 fully saturated rings. The Kier molecular flexibility index (Phi) is 10.8. The number of hydrogen-bond acceptors (Lipinski definition) is 6. The molecular formula is C24H38N4O6. The van der Waals surface area contributed by atoms with Crippen LogP contribution in [-0.2, 0) is 19.1 Å². The molecular weight excluding hydrogens is 440 g/mol. The molecule has 10 nitrogen and oxygen atoms in total. The average Bonchev–Trinajstić information content (AvgIpc) is 2.69. The Morgan fingerprint density at radius 3 is 2.32 bits per heavy atom. The molecule has 190 valence electrons. The van der Waals surface area contributed by atoms with Gasteiger partial charge in [-0.15, -0.1) is 0 Å². The highest BCUT2D eigenvalue weighted by Gasteiger charge is 2.34. The molecule has 34 heavy (non-hydrogen) atoms. The van der Waals surface area contributed by atoms with Gasteiger partial charge in [-0.2, -0.15) is 0 Å². The molecule has 0 saturated heterocycles. The first-order valence-electron chi connectivity index (χ1n) is 11.4. The normalized spacial score (nSPS) is 13.8. The summed E-state index contributed by atoms with van der Waals surface area (Å²) in [5.74, 6) is -1.75. The van der Waals surface area contributed by atoms with Gasteiger partial charge in [0.05, 0.1) is 0 Å². The number of nitrogens with zero attached hydrogens (tertiary/aromatic N) is 1. The molecule has 10 heteroatoms. The first-order valence-corrected chi connectivity index (χ1v) is 11.4. The van der Waals surface area contributed by atoms with Crippen molar-refractivity contribution in [2.45, 2.75) is 84.0 Å². The summed E-state index contributed by atoms with van der Waals surface area (Å²) >= 11 is 0. The van der Waals surface area contributed by atoms with Crippen molar-refractivity contribution in [1.82, 2.24) is 15.5 Å². The molecule has 0 aliphatic rings. The minimum absolute atomic E-state index is 0.0603. The van der Waals surface area contributed by atoms with E-state index < -0.39 is 41.5 Å². The van der Waals surface area contributed by atoms with E-state index in [2.05, 4.69) is 10.6 Å². The number of carbonyl (C=O) groups is 4.